The molecule has 1 aromatic rings. The van der Waals surface area contributed by atoms with Gasteiger partial charge >= 0.3 is 0 Å². The number of rotatable bonds is 2. The van der Waals surface area contributed by atoms with Crippen molar-refractivity contribution >= 4 is 16.8 Å². The fourth-order valence-electron chi connectivity index (χ4n) is 0.825. The summed E-state index contributed by atoms with van der Waals surface area (Å²) in [6.45, 7) is 0. The molecule has 0 aliphatic heterocycles. The van der Waals surface area contributed by atoms with Crippen LogP contribution in [0.25, 0.3) is 0 Å². The highest BCUT2D eigenvalue weighted by Crippen LogP contribution is 2.16. The number of para-hydroxylation sites is 1. The second-order valence-electron chi connectivity index (χ2n) is 2.00. The molecule has 4 heteroatoms. The van der Waals surface area contributed by atoms with Crippen LogP contribution >= 0.6 is 0 Å². The Bertz CT molecular complexity index is 275. The van der Waals surface area contributed by atoms with Crippen molar-refractivity contribution in [3.8, 4) is 0 Å². The largest absolute Gasteiger partial charge is 0.387 e. The average molecular weight is 171 g/mol. The Morgan fingerprint density at radius 1 is 1.45 bits per heavy atom. The van der Waals surface area contributed by atoms with E-state index in [4.69, 9.17) is 4.55 Å². The minimum Gasteiger partial charge on any atom is -0.387 e. The molecule has 0 spiro atoms. The summed E-state index contributed by atoms with van der Waals surface area (Å²) in [7, 11) is 1.71. The number of benzene rings is 1. The van der Waals surface area contributed by atoms with E-state index in [0.717, 1.165) is 0 Å². The zero-order valence-corrected chi connectivity index (χ0v) is 6.89. The SMILES string of the molecule is CNc1ccccc1S(=O)O. The first-order valence-electron chi connectivity index (χ1n) is 3.13. The van der Waals surface area contributed by atoms with Crippen LogP contribution in [0.1, 0.15) is 0 Å². The van der Waals surface area contributed by atoms with E-state index in [1.54, 1.807) is 25.2 Å². The van der Waals surface area contributed by atoms with Crippen LogP contribution in [0.3, 0.4) is 0 Å². The van der Waals surface area contributed by atoms with Crippen LogP contribution < -0.4 is 5.32 Å². The Kier molecular flexibility index (Phi) is 2.62. The molecule has 0 aromatic heterocycles. The van der Waals surface area contributed by atoms with Crippen molar-refractivity contribution in [2.24, 2.45) is 0 Å². The first-order chi connectivity index (χ1) is 5.25. The molecule has 1 atom stereocenters. The third-order valence-electron chi connectivity index (χ3n) is 1.34. The highest BCUT2D eigenvalue weighted by atomic mass is 32.2. The maximum absolute atomic E-state index is 10.7. The Hall–Kier alpha value is -0.870. The van der Waals surface area contributed by atoms with E-state index in [-0.39, 0.29) is 0 Å². The Balaban J connectivity index is 3.12. The zero-order chi connectivity index (χ0) is 8.27. The van der Waals surface area contributed by atoms with Gasteiger partial charge in [0.05, 0.1) is 10.6 Å². The van der Waals surface area contributed by atoms with E-state index in [2.05, 4.69) is 5.32 Å². The van der Waals surface area contributed by atoms with Gasteiger partial charge in [-0.05, 0) is 12.1 Å². The number of anilines is 1. The van der Waals surface area contributed by atoms with Gasteiger partial charge in [-0.3, -0.25) is 0 Å². The summed E-state index contributed by atoms with van der Waals surface area (Å²) in [5, 5.41) is 2.82. The normalized spacial score (nSPS) is 12.5. The zero-order valence-electron chi connectivity index (χ0n) is 6.07. The van der Waals surface area contributed by atoms with Crippen molar-refractivity contribution in [2.75, 3.05) is 12.4 Å². The molecular weight excluding hydrogens is 162 g/mol. The Labute approximate surface area is 67.7 Å². The van der Waals surface area contributed by atoms with E-state index in [1.165, 1.54) is 0 Å². The summed E-state index contributed by atoms with van der Waals surface area (Å²) in [4.78, 5) is 0.412. The van der Waals surface area contributed by atoms with Crippen LogP contribution in [0.5, 0.6) is 0 Å². The van der Waals surface area contributed by atoms with Crippen molar-refractivity contribution in [1.29, 1.82) is 0 Å². The van der Waals surface area contributed by atoms with Crippen LogP contribution in [0.15, 0.2) is 29.2 Å². The molecule has 0 fully saturated rings. The van der Waals surface area contributed by atoms with Crippen molar-refractivity contribution in [3.63, 3.8) is 0 Å². The number of hydrogen-bond acceptors (Lipinski definition) is 2. The van der Waals surface area contributed by atoms with E-state index in [1.807, 2.05) is 6.07 Å². The van der Waals surface area contributed by atoms with Gasteiger partial charge in [0.15, 0.2) is 11.1 Å². The predicted molar refractivity (Wildman–Crippen MR) is 45.0 cm³/mol. The summed E-state index contributed by atoms with van der Waals surface area (Å²) in [6, 6.07) is 6.90. The third kappa shape index (κ3) is 1.78. The van der Waals surface area contributed by atoms with Crippen molar-refractivity contribution in [2.45, 2.75) is 4.90 Å². The molecule has 1 rings (SSSR count). The van der Waals surface area contributed by atoms with Crippen LogP contribution in [0.4, 0.5) is 5.69 Å². The van der Waals surface area contributed by atoms with E-state index in [0.29, 0.717) is 10.6 Å². The summed E-state index contributed by atoms with van der Waals surface area (Å²) in [5.41, 5.74) is 0.688. The Morgan fingerprint density at radius 2 is 2.09 bits per heavy atom. The smallest absolute Gasteiger partial charge is 0.188 e. The second kappa shape index (κ2) is 3.50. The summed E-state index contributed by atoms with van der Waals surface area (Å²) < 4.78 is 19.4. The first-order valence-corrected chi connectivity index (χ1v) is 4.24. The molecule has 0 saturated heterocycles. The van der Waals surface area contributed by atoms with Gasteiger partial charge in [0.2, 0.25) is 0 Å². The molecule has 1 unspecified atom stereocenters. The van der Waals surface area contributed by atoms with Gasteiger partial charge in [0, 0.05) is 7.05 Å². The lowest BCUT2D eigenvalue weighted by molar-refractivity contribution is 0.565. The molecule has 0 radical (unpaired) electrons. The van der Waals surface area contributed by atoms with E-state index in [9.17, 15) is 4.21 Å². The lowest BCUT2D eigenvalue weighted by atomic mass is 10.3. The molecule has 0 aliphatic rings. The summed E-state index contributed by atoms with van der Waals surface area (Å²) in [6.07, 6.45) is 0. The molecule has 0 aliphatic carbocycles. The number of hydrogen-bond donors (Lipinski definition) is 2. The maximum Gasteiger partial charge on any atom is 0.188 e. The minimum absolute atomic E-state index is 0.412. The first kappa shape index (κ1) is 8.23. The molecule has 0 bridgehead atoms. The van der Waals surface area contributed by atoms with Gasteiger partial charge in [-0.2, -0.15) is 0 Å². The third-order valence-corrected chi connectivity index (χ3v) is 2.08. The highest BCUT2D eigenvalue weighted by Gasteiger charge is 2.03. The maximum atomic E-state index is 10.7. The van der Waals surface area contributed by atoms with Crippen molar-refractivity contribution < 1.29 is 8.76 Å². The minimum atomic E-state index is -1.90. The molecule has 60 valence electrons. The average Bonchev–Trinajstić information content (AvgIpc) is 2.04. The van der Waals surface area contributed by atoms with Crippen LogP contribution in [0, 0.1) is 0 Å². The highest BCUT2D eigenvalue weighted by molar-refractivity contribution is 7.79. The van der Waals surface area contributed by atoms with Gasteiger partial charge in [0.1, 0.15) is 0 Å². The Morgan fingerprint density at radius 3 is 2.55 bits per heavy atom. The lowest BCUT2D eigenvalue weighted by Crippen LogP contribution is -1.96. The fourth-order valence-corrected chi connectivity index (χ4v) is 1.38. The monoisotopic (exact) mass is 171 g/mol. The van der Waals surface area contributed by atoms with Crippen LogP contribution in [-0.4, -0.2) is 15.8 Å². The molecular formula is C7H9NO2S. The summed E-state index contributed by atoms with van der Waals surface area (Å²) in [5.74, 6) is 0. The van der Waals surface area contributed by atoms with Gasteiger partial charge in [0.25, 0.3) is 0 Å². The molecule has 2 N–H and O–H groups in total. The predicted octanol–water partition coefficient (Wildman–Crippen LogP) is 1.31. The summed E-state index contributed by atoms with van der Waals surface area (Å²) >= 11 is -1.90. The van der Waals surface area contributed by atoms with Crippen LogP contribution in [-0.2, 0) is 11.1 Å². The van der Waals surface area contributed by atoms with E-state index >= 15 is 0 Å². The van der Waals surface area contributed by atoms with Crippen molar-refractivity contribution in [3.05, 3.63) is 24.3 Å². The van der Waals surface area contributed by atoms with Gasteiger partial charge in [-0.15, -0.1) is 0 Å². The molecule has 0 amide bonds. The molecule has 1 aromatic carbocycles. The van der Waals surface area contributed by atoms with Crippen LogP contribution in [0.2, 0.25) is 0 Å². The van der Waals surface area contributed by atoms with E-state index < -0.39 is 11.1 Å². The standard InChI is InChI=1S/C7H9NO2S/c1-8-6-4-2-3-5-7(6)11(9)10/h2-5,8H,1H3,(H,9,10). The van der Waals surface area contributed by atoms with Gasteiger partial charge < -0.3 is 9.87 Å². The van der Waals surface area contributed by atoms with Gasteiger partial charge in [-0.1, -0.05) is 12.1 Å². The second-order valence-corrected chi connectivity index (χ2v) is 2.93. The molecule has 3 nitrogen and oxygen atoms in total. The van der Waals surface area contributed by atoms with Crippen molar-refractivity contribution in [1.82, 2.24) is 0 Å². The quantitative estimate of drug-likeness (QED) is 0.659. The lowest BCUT2D eigenvalue weighted by Gasteiger charge is -2.03. The number of nitrogens with one attached hydrogen (secondary N) is 1. The van der Waals surface area contributed by atoms with Gasteiger partial charge in [-0.25, -0.2) is 4.21 Å². The fraction of sp³-hybridized carbons (Fsp3) is 0.143. The molecule has 11 heavy (non-hydrogen) atoms. The topological polar surface area (TPSA) is 49.3 Å². The molecule has 0 saturated carbocycles. The molecule has 0 heterocycles.